The van der Waals surface area contributed by atoms with Crippen molar-refractivity contribution >= 4 is 11.8 Å². The molecule has 1 aliphatic heterocycles. The van der Waals surface area contributed by atoms with Gasteiger partial charge in [-0.25, -0.2) is 0 Å². The second-order valence-electron chi connectivity index (χ2n) is 5.25. The van der Waals surface area contributed by atoms with Crippen LogP contribution < -0.4 is 10.5 Å². The SMILES string of the molecule is CCC1CN(CCCOc2ccc(CN)cc2)CCS1. The van der Waals surface area contributed by atoms with Crippen molar-refractivity contribution in [1.82, 2.24) is 4.90 Å². The highest BCUT2D eigenvalue weighted by molar-refractivity contribution is 8.00. The zero-order valence-corrected chi connectivity index (χ0v) is 13.2. The monoisotopic (exact) mass is 294 g/mol. The van der Waals surface area contributed by atoms with Crippen molar-refractivity contribution in [3.63, 3.8) is 0 Å². The van der Waals surface area contributed by atoms with Gasteiger partial charge in [-0.05, 0) is 30.5 Å². The summed E-state index contributed by atoms with van der Waals surface area (Å²) in [4.78, 5) is 2.57. The second kappa shape index (κ2) is 8.55. The molecule has 112 valence electrons. The molecular formula is C16H26N2OS. The van der Waals surface area contributed by atoms with Gasteiger partial charge in [0.05, 0.1) is 6.61 Å². The first-order chi connectivity index (χ1) is 9.81. The average molecular weight is 294 g/mol. The molecule has 1 atom stereocenters. The highest BCUT2D eigenvalue weighted by Crippen LogP contribution is 2.21. The van der Waals surface area contributed by atoms with Gasteiger partial charge in [-0.15, -0.1) is 0 Å². The molecule has 2 rings (SSSR count). The van der Waals surface area contributed by atoms with Crippen molar-refractivity contribution in [2.75, 3.05) is 32.0 Å². The van der Waals surface area contributed by atoms with E-state index < -0.39 is 0 Å². The van der Waals surface area contributed by atoms with E-state index in [0.29, 0.717) is 6.54 Å². The predicted molar refractivity (Wildman–Crippen MR) is 87.4 cm³/mol. The van der Waals surface area contributed by atoms with Crippen LogP contribution in [0.1, 0.15) is 25.3 Å². The summed E-state index contributed by atoms with van der Waals surface area (Å²) in [6.07, 6.45) is 2.38. The summed E-state index contributed by atoms with van der Waals surface area (Å²) in [7, 11) is 0. The van der Waals surface area contributed by atoms with E-state index in [0.717, 1.165) is 36.1 Å². The summed E-state index contributed by atoms with van der Waals surface area (Å²) in [5.74, 6) is 2.22. The fraction of sp³-hybridized carbons (Fsp3) is 0.625. The minimum atomic E-state index is 0.589. The van der Waals surface area contributed by atoms with E-state index in [1.54, 1.807) is 0 Å². The molecule has 1 heterocycles. The molecule has 1 fully saturated rings. The molecule has 0 radical (unpaired) electrons. The van der Waals surface area contributed by atoms with E-state index >= 15 is 0 Å². The topological polar surface area (TPSA) is 38.5 Å². The van der Waals surface area contributed by atoms with Crippen molar-refractivity contribution in [2.45, 2.75) is 31.6 Å². The highest BCUT2D eigenvalue weighted by Gasteiger charge is 2.18. The first-order valence-electron chi connectivity index (χ1n) is 7.57. The van der Waals surface area contributed by atoms with Gasteiger partial charge in [0.1, 0.15) is 5.75 Å². The highest BCUT2D eigenvalue weighted by atomic mass is 32.2. The Morgan fingerprint density at radius 2 is 2.15 bits per heavy atom. The fourth-order valence-electron chi connectivity index (χ4n) is 2.43. The quantitative estimate of drug-likeness (QED) is 0.785. The van der Waals surface area contributed by atoms with Gasteiger partial charge in [-0.1, -0.05) is 19.1 Å². The van der Waals surface area contributed by atoms with Crippen LogP contribution in [0.4, 0.5) is 0 Å². The zero-order chi connectivity index (χ0) is 14.2. The molecule has 0 aliphatic carbocycles. The lowest BCUT2D eigenvalue weighted by Crippen LogP contribution is -2.38. The van der Waals surface area contributed by atoms with E-state index in [4.69, 9.17) is 10.5 Å². The van der Waals surface area contributed by atoms with Crippen molar-refractivity contribution in [3.8, 4) is 5.75 Å². The number of nitrogens with two attached hydrogens (primary N) is 1. The third kappa shape index (κ3) is 5.00. The van der Waals surface area contributed by atoms with Crippen LogP contribution in [0.25, 0.3) is 0 Å². The molecule has 1 saturated heterocycles. The van der Waals surface area contributed by atoms with Gasteiger partial charge in [0, 0.05) is 37.2 Å². The van der Waals surface area contributed by atoms with Gasteiger partial charge >= 0.3 is 0 Å². The second-order valence-corrected chi connectivity index (χ2v) is 6.66. The van der Waals surface area contributed by atoms with Gasteiger partial charge in [0.15, 0.2) is 0 Å². The van der Waals surface area contributed by atoms with Gasteiger partial charge in [-0.3, -0.25) is 0 Å². The van der Waals surface area contributed by atoms with Crippen LogP contribution in [0.3, 0.4) is 0 Å². The van der Waals surface area contributed by atoms with E-state index in [1.807, 2.05) is 24.3 Å². The number of benzene rings is 1. The van der Waals surface area contributed by atoms with Crippen molar-refractivity contribution in [3.05, 3.63) is 29.8 Å². The Morgan fingerprint density at radius 3 is 2.85 bits per heavy atom. The molecule has 1 unspecified atom stereocenters. The molecule has 1 aliphatic rings. The van der Waals surface area contributed by atoms with Crippen molar-refractivity contribution < 1.29 is 4.74 Å². The van der Waals surface area contributed by atoms with Crippen molar-refractivity contribution in [1.29, 1.82) is 0 Å². The van der Waals surface area contributed by atoms with Crippen LogP contribution in [0.15, 0.2) is 24.3 Å². The van der Waals surface area contributed by atoms with Crippen molar-refractivity contribution in [2.24, 2.45) is 5.73 Å². The minimum Gasteiger partial charge on any atom is -0.494 e. The molecule has 20 heavy (non-hydrogen) atoms. The van der Waals surface area contributed by atoms with Gasteiger partial charge in [0.25, 0.3) is 0 Å². The van der Waals surface area contributed by atoms with Crippen LogP contribution in [0, 0.1) is 0 Å². The van der Waals surface area contributed by atoms with E-state index in [-0.39, 0.29) is 0 Å². The van der Waals surface area contributed by atoms with E-state index in [2.05, 4.69) is 23.6 Å². The average Bonchev–Trinajstić information content (AvgIpc) is 2.52. The number of hydrogen-bond donors (Lipinski definition) is 1. The molecule has 0 bridgehead atoms. The number of thioether (sulfide) groups is 1. The van der Waals surface area contributed by atoms with Crippen LogP contribution in [0.2, 0.25) is 0 Å². The maximum absolute atomic E-state index is 5.78. The first kappa shape index (κ1) is 15.7. The first-order valence-corrected chi connectivity index (χ1v) is 8.62. The molecule has 1 aromatic carbocycles. The maximum Gasteiger partial charge on any atom is 0.119 e. The lowest BCUT2D eigenvalue weighted by atomic mass is 10.2. The molecular weight excluding hydrogens is 268 g/mol. The Labute approximate surface area is 126 Å². The van der Waals surface area contributed by atoms with E-state index in [9.17, 15) is 0 Å². The predicted octanol–water partition coefficient (Wildman–Crippen LogP) is 2.74. The maximum atomic E-state index is 5.78. The number of ether oxygens (including phenoxy) is 1. The largest absolute Gasteiger partial charge is 0.494 e. The third-order valence-electron chi connectivity index (χ3n) is 3.72. The summed E-state index contributed by atoms with van der Waals surface area (Å²) in [5, 5.41) is 0.827. The molecule has 3 nitrogen and oxygen atoms in total. The minimum absolute atomic E-state index is 0.589. The molecule has 0 spiro atoms. The molecule has 0 saturated carbocycles. The van der Waals surface area contributed by atoms with Gasteiger partial charge in [0.2, 0.25) is 0 Å². The Kier molecular flexibility index (Phi) is 6.70. The molecule has 0 amide bonds. The fourth-order valence-corrected chi connectivity index (χ4v) is 3.68. The standard InChI is InChI=1S/C16H26N2OS/c1-2-16-13-18(9-11-20-16)8-3-10-19-15-6-4-14(12-17)5-7-15/h4-7,16H,2-3,8-13,17H2,1H3. The number of nitrogens with zero attached hydrogens (tertiary/aromatic N) is 1. The normalized spacial score (nSPS) is 20.0. The van der Waals surface area contributed by atoms with Crippen LogP contribution in [-0.4, -0.2) is 42.1 Å². The molecule has 0 aromatic heterocycles. The molecule has 1 aromatic rings. The van der Waals surface area contributed by atoms with Crippen LogP contribution in [0.5, 0.6) is 5.75 Å². The summed E-state index contributed by atoms with van der Waals surface area (Å²) >= 11 is 2.12. The van der Waals surface area contributed by atoms with Gasteiger partial charge < -0.3 is 15.4 Å². The Balaban J connectivity index is 1.63. The Hall–Kier alpha value is -0.710. The summed E-state index contributed by atoms with van der Waals surface area (Å²) < 4.78 is 5.78. The third-order valence-corrected chi connectivity index (χ3v) is 5.10. The summed E-state index contributed by atoms with van der Waals surface area (Å²) in [6.45, 7) is 7.29. The Bertz CT molecular complexity index is 383. The summed E-state index contributed by atoms with van der Waals surface area (Å²) in [6, 6.07) is 8.08. The zero-order valence-electron chi connectivity index (χ0n) is 12.4. The Morgan fingerprint density at radius 1 is 1.35 bits per heavy atom. The lowest BCUT2D eigenvalue weighted by molar-refractivity contribution is 0.238. The molecule has 4 heteroatoms. The number of hydrogen-bond acceptors (Lipinski definition) is 4. The van der Waals surface area contributed by atoms with Crippen LogP contribution in [-0.2, 0) is 6.54 Å². The number of rotatable bonds is 7. The van der Waals surface area contributed by atoms with E-state index in [1.165, 1.54) is 25.3 Å². The van der Waals surface area contributed by atoms with Crippen LogP contribution >= 0.6 is 11.8 Å². The molecule has 2 N–H and O–H groups in total. The summed E-state index contributed by atoms with van der Waals surface area (Å²) in [5.41, 5.74) is 6.73. The van der Waals surface area contributed by atoms with Gasteiger partial charge in [-0.2, -0.15) is 11.8 Å². The lowest BCUT2D eigenvalue weighted by Gasteiger charge is -2.31. The smallest absolute Gasteiger partial charge is 0.119 e.